The summed E-state index contributed by atoms with van der Waals surface area (Å²) in [7, 11) is 1.88. The van der Waals surface area contributed by atoms with Crippen LogP contribution in [0.1, 0.15) is 18.5 Å². The van der Waals surface area contributed by atoms with Crippen molar-refractivity contribution in [2.45, 2.75) is 13.0 Å². The van der Waals surface area contributed by atoms with E-state index in [4.69, 9.17) is 16.3 Å². The lowest BCUT2D eigenvalue weighted by Gasteiger charge is -2.12. The molecule has 0 bridgehead atoms. The summed E-state index contributed by atoms with van der Waals surface area (Å²) in [6.07, 6.45) is 1.67. The third-order valence-corrected chi connectivity index (χ3v) is 3.10. The zero-order valence-electron chi connectivity index (χ0n) is 10.7. The molecule has 100 valence electrons. The van der Waals surface area contributed by atoms with E-state index >= 15 is 0 Å². The molecular weight excluding hydrogens is 267 g/mol. The molecule has 0 aliphatic carbocycles. The Morgan fingerprint density at radius 2 is 2.11 bits per heavy atom. The Kier molecular flexibility index (Phi) is 4.35. The van der Waals surface area contributed by atoms with E-state index in [1.165, 1.54) is 18.2 Å². The van der Waals surface area contributed by atoms with Gasteiger partial charge in [-0.15, -0.1) is 0 Å². The number of nitrogens with one attached hydrogen (secondary N) is 1. The first-order chi connectivity index (χ1) is 9.10. The smallest absolute Gasteiger partial charge is 0.219 e. The maximum Gasteiger partial charge on any atom is 0.219 e. The first kappa shape index (κ1) is 13.8. The minimum atomic E-state index is -0.473. The number of hydrogen-bond donors (Lipinski definition) is 1. The van der Waals surface area contributed by atoms with Crippen LogP contribution in [0.15, 0.2) is 36.5 Å². The van der Waals surface area contributed by atoms with Gasteiger partial charge in [0.1, 0.15) is 11.6 Å². The largest absolute Gasteiger partial charge is 0.439 e. The van der Waals surface area contributed by atoms with E-state index in [0.29, 0.717) is 11.6 Å². The van der Waals surface area contributed by atoms with Crippen molar-refractivity contribution in [1.82, 2.24) is 10.3 Å². The second-order valence-corrected chi connectivity index (χ2v) is 4.52. The summed E-state index contributed by atoms with van der Waals surface area (Å²) in [4.78, 5) is 4.12. The van der Waals surface area contributed by atoms with Crippen LogP contribution < -0.4 is 10.1 Å². The molecular formula is C14H14ClFN2O. The van der Waals surface area contributed by atoms with E-state index in [-0.39, 0.29) is 11.1 Å². The summed E-state index contributed by atoms with van der Waals surface area (Å²) < 4.78 is 18.6. The molecule has 0 aliphatic rings. The van der Waals surface area contributed by atoms with Crippen molar-refractivity contribution in [1.29, 1.82) is 0 Å². The molecule has 0 saturated carbocycles. The molecule has 1 unspecified atom stereocenters. The Morgan fingerprint density at radius 1 is 1.32 bits per heavy atom. The van der Waals surface area contributed by atoms with Crippen molar-refractivity contribution in [2.24, 2.45) is 0 Å². The topological polar surface area (TPSA) is 34.2 Å². The number of halogens is 2. The van der Waals surface area contributed by atoms with Crippen molar-refractivity contribution < 1.29 is 9.13 Å². The van der Waals surface area contributed by atoms with Crippen LogP contribution in [0, 0.1) is 5.82 Å². The summed E-state index contributed by atoms with van der Waals surface area (Å²) in [6, 6.07) is 8.13. The highest BCUT2D eigenvalue weighted by molar-refractivity contribution is 6.30. The fraction of sp³-hybridized carbons (Fsp3) is 0.214. The van der Waals surface area contributed by atoms with Gasteiger partial charge < -0.3 is 10.1 Å². The number of nitrogens with zero attached hydrogens (tertiary/aromatic N) is 1. The van der Waals surface area contributed by atoms with E-state index in [9.17, 15) is 4.39 Å². The molecule has 0 fully saturated rings. The zero-order valence-corrected chi connectivity index (χ0v) is 11.4. The standard InChI is InChI=1S/C14H14ClFN2O/c1-9(17-2)10-5-6-18-14(7-10)19-11-3-4-13(16)12(15)8-11/h3-9,17H,1-2H3. The molecule has 19 heavy (non-hydrogen) atoms. The third kappa shape index (κ3) is 3.43. The van der Waals surface area contributed by atoms with Gasteiger partial charge in [-0.3, -0.25) is 0 Å². The van der Waals surface area contributed by atoms with Crippen LogP contribution >= 0.6 is 11.6 Å². The summed E-state index contributed by atoms with van der Waals surface area (Å²) in [5.74, 6) is 0.426. The van der Waals surface area contributed by atoms with Crippen molar-refractivity contribution >= 4 is 11.6 Å². The van der Waals surface area contributed by atoms with Gasteiger partial charge in [0.15, 0.2) is 0 Å². The Labute approximate surface area is 116 Å². The minimum absolute atomic E-state index is 0.0252. The van der Waals surface area contributed by atoms with Gasteiger partial charge in [-0.2, -0.15) is 0 Å². The van der Waals surface area contributed by atoms with Crippen molar-refractivity contribution in [3.8, 4) is 11.6 Å². The quantitative estimate of drug-likeness (QED) is 0.921. The fourth-order valence-corrected chi connectivity index (χ4v) is 1.75. The van der Waals surface area contributed by atoms with Crippen LogP contribution in [-0.4, -0.2) is 12.0 Å². The minimum Gasteiger partial charge on any atom is -0.439 e. The van der Waals surface area contributed by atoms with Gasteiger partial charge in [0.25, 0.3) is 0 Å². The Balaban J connectivity index is 2.20. The predicted octanol–water partition coefficient (Wildman–Crippen LogP) is 3.95. The van der Waals surface area contributed by atoms with Gasteiger partial charge >= 0.3 is 0 Å². The number of pyridine rings is 1. The molecule has 2 aromatic rings. The molecule has 0 aliphatic heterocycles. The van der Waals surface area contributed by atoms with E-state index in [2.05, 4.69) is 10.3 Å². The number of ether oxygens (including phenoxy) is 1. The van der Waals surface area contributed by atoms with Crippen molar-refractivity contribution in [3.05, 3.63) is 52.9 Å². The first-order valence-corrected chi connectivity index (χ1v) is 6.24. The van der Waals surface area contributed by atoms with Crippen LogP contribution in [0.2, 0.25) is 5.02 Å². The maximum atomic E-state index is 13.0. The van der Waals surface area contributed by atoms with Crippen LogP contribution in [0.3, 0.4) is 0 Å². The highest BCUT2D eigenvalue weighted by Crippen LogP contribution is 2.26. The first-order valence-electron chi connectivity index (χ1n) is 5.86. The lowest BCUT2D eigenvalue weighted by Crippen LogP contribution is -2.12. The SMILES string of the molecule is CNC(C)c1ccnc(Oc2ccc(F)c(Cl)c2)c1. The molecule has 1 aromatic heterocycles. The molecule has 1 heterocycles. The number of aromatic nitrogens is 1. The highest BCUT2D eigenvalue weighted by atomic mass is 35.5. The normalized spacial score (nSPS) is 12.2. The molecule has 0 radical (unpaired) electrons. The van der Waals surface area contributed by atoms with Gasteiger partial charge in [-0.1, -0.05) is 11.6 Å². The van der Waals surface area contributed by atoms with Gasteiger partial charge in [-0.25, -0.2) is 9.37 Å². The van der Waals surface area contributed by atoms with Gasteiger partial charge in [-0.05, 0) is 37.7 Å². The molecule has 1 atom stereocenters. The summed E-state index contributed by atoms with van der Waals surface area (Å²) in [6.45, 7) is 2.04. The summed E-state index contributed by atoms with van der Waals surface area (Å²) in [5, 5.41) is 3.16. The molecule has 0 spiro atoms. The highest BCUT2D eigenvalue weighted by Gasteiger charge is 2.07. The maximum absolute atomic E-state index is 13.0. The molecule has 3 nitrogen and oxygen atoms in total. The molecule has 1 N–H and O–H groups in total. The predicted molar refractivity (Wildman–Crippen MR) is 73.2 cm³/mol. The third-order valence-electron chi connectivity index (χ3n) is 2.81. The van der Waals surface area contributed by atoms with E-state index in [0.717, 1.165) is 5.56 Å². The fourth-order valence-electron chi connectivity index (χ4n) is 1.58. The van der Waals surface area contributed by atoms with Crippen LogP contribution in [0.5, 0.6) is 11.6 Å². The number of benzene rings is 1. The Bertz CT molecular complexity index is 577. The Morgan fingerprint density at radius 3 is 2.79 bits per heavy atom. The zero-order chi connectivity index (χ0) is 13.8. The molecule has 0 saturated heterocycles. The lowest BCUT2D eigenvalue weighted by atomic mass is 10.1. The summed E-state index contributed by atoms with van der Waals surface area (Å²) in [5.41, 5.74) is 1.06. The second-order valence-electron chi connectivity index (χ2n) is 4.12. The monoisotopic (exact) mass is 280 g/mol. The van der Waals surface area contributed by atoms with E-state index < -0.39 is 5.82 Å². The van der Waals surface area contributed by atoms with Gasteiger partial charge in [0, 0.05) is 24.4 Å². The van der Waals surface area contributed by atoms with E-state index in [1.807, 2.05) is 26.1 Å². The van der Waals surface area contributed by atoms with Crippen molar-refractivity contribution in [2.75, 3.05) is 7.05 Å². The summed E-state index contributed by atoms with van der Waals surface area (Å²) >= 11 is 5.70. The van der Waals surface area contributed by atoms with Crippen molar-refractivity contribution in [3.63, 3.8) is 0 Å². The average Bonchev–Trinajstić information content (AvgIpc) is 2.42. The molecule has 0 amide bonds. The second kappa shape index (κ2) is 5.99. The van der Waals surface area contributed by atoms with Gasteiger partial charge in [0.2, 0.25) is 5.88 Å². The van der Waals surface area contributed by atoms with Crippen LogP contribution in [-0.2, 0) is 0 Å². The number of hydrogen-bond acceptors (Lipinski definition) is 3. The van der Waals surface area contributed by atoms with Crippen LogP contribution in [0.4, 0.5) is 4.39 Å². The lowest BCUT2D eigenvalue weighted by molar-refractivity contribution is 0.459. The van der Waals surface area contributed by atoms with Gasteiger partial charge in [0.05, 0.1) is 5.02 Å². The average molecular weight is 281 g/mol. The Hall–Kier alpha value is -1.65. The number of rotatable bonds is 4. The van der Waals surface area contributed by atoms with Crippen LogP contribution in [0.25, 0.3) is 0 Å². The molecule has 5 heteroatoms. The molecule has 2 rings (SSSR count). The molecule has 1 aromatic carbocycles. The van der Waals surface area contributed by atoms with E-state index in [1.54, 1.807) is 6.20 Å².